The molecule has 22 heavy (non-hydrogen) atoms. The van der Waals surface area contributed by atoms with Gasteiger partial charge in [-0.1, -0.05) is 0 Å². The summed E-state index contributed by atoms with van der Waals surface area (Å²) in [5.74, 6) is 1.54. The van der Waals surface area contributed by atoms with Gasteiger partial charge in [-0.25, -0.2) is 4.98 Å². The number of imidazole rings is 1. The third kappa shape index (κ3) is 4.60. The maximum absolute atomic E-state index is 11.7. The van der Waals surface area contributed by atoms with Crippen LogP contribution in [0.4, 0.5) is 0 Å². The number of aliphatic hydroxyl groups is 1. The second-order valence-electron chi connectivity index (χ2n) is 4.87. The molecule has 1 amide bonds. The molecule has 0 bridgehead atoms. The van der Waals surface area contributed by atoms with Gasteiger partial charge in [0.1, 0.15) is 11.6 Å². The van der Waals surface area contributed by atoms with Gasteiger partial charge in [0.2, 0.25) is 0 Å². The predicted octanol–water partition coefficient (Wildman–Crippen LogP) is 1.38. The average Bonchev–Trinajstić information content (AvgIpc) is 2.95. The molecular formula is C16H21N3O3. The van der Waals surface area contributed by atoms with Crippen molar-refractivity contribution in [2.75, 3.05) is 19.8 Å². The number of aliphatic hydroxyl groups excluding tert-OH is 1. The molecule has 0 saturated heterocycles. The van der Waals surface area contributed by atoms with Crippen LogP contribution in [0.2, 0.25) is 0 Å². The van der Waals surface area contributed by atoms with Crippen LogP contribution in [0.3, 0.4) is 0 Å². The summed E-state index contributed by atoms with van der Waals surface area (Å²) in [5.41, 5.74) is 0.551. The van der Waals surface area contributed by atoms with Crippen LogP contribution in [0.25, 0.3) is 0 Å². The number of ether oxygens (including phenoxy) is 1. The second kappa shape index (κ2) is 8.19. The van der Waals surface area contributed by atoms with Crippen LogP contribution >= 0.6 is 0 Å². The normalized spacial score (nSPS) is 10.5. The van der Waals surface area contributed by atoms with Crippen molar-refractivity contribution in [1.29, 1.82) is 0 Å². The fourth-order valence-electron chi connectivity index (χ4n) is 2.04. The maximum atomic E-state index is 11.7. The second-order valence-corrected chi connectivity index (χ2v) is 4.87. The Morgan fingerprint density at radius 1 is 1.36 bits per heavy atom. The van der Waals surface area contributed by atoms with E-state index in [0.29, 0.717) is 12.2 Å². The molecule has 6 nitrogen and oxygen atoms in total. The molecule has 0 radical (unpaired) electrons. The summed E-state index contributed by atoms with van der Waals surface area (Å²) in [5, 5.41) is 11.3. The van der Waals surface area contributed by atoms with E-state index in [1.54, 1.807) is 30.5 Å². The first-order valence-corrected chi connectivity index (χ1v) is 7.30. The molecule has 118 valence electrons. The van der Waals surface area contributed by atoms with Crippen molar-refractivity contribution < 1.29 is 14.6 Å². The lowest BCUT2D eigenvalue weighted by Gasteiger charge is -2.08. The molecule has 0 atom stereocenters. The van der Waals surface area contributed by atoms with Gasteiger partial charge in [-0.05, 0) is 37.6 Å². The summed E-state index contributed by atoms with van der Waals surface area (Å²) in [4.78, 5) is 15.8. The van der Waals surface area contributed by atoms with Crippen molar-refractivity contribution in [2.24, 2.45) is 0 Å². The summed E-state index contributed by atoms with van der Waals surface area (Å²) in [6.45, 7) is 3.64. The van der Waals surface area contributed by atoms with Gasteiger partial charge in [0, 0.05) is 31.0 Å². The number of carbonyl (C=O) groups excluding carboxylic acids is 1. The minimum atomic E-state index is -0.198. The highest BCUT2D eigenvalue weighted by molar-refractivity contribution is 5.94. The Hall–Kier alpha value is -2.34. The summed E-state index contributed by atoms with van der Waals surface area (Å²) < 4.78 is 7.74. The van der Waals surface area contributed by atoms with Crippen molar-refractivity contribution in [2.45, 2.75) is 19.9 Å². The van der Waals surface area contributed by atoms with E-state index in [2.05, 4.69) is 14.9 Å². The minimum absolute atomic E-state index is 0.0661. The molecule has 1 aromatic heterocycles. The molecule has 2 N–H and O–H groups in total. The summed E-state index contributed by atoms with van der Waals surface area (Å²) in [6, 6.07) is 6.97. The van der Waals surface area contributed by atoms with Gasteiger partial charge in [-0.3, -0.25) is 4.79 Å². The van der Waals surface area contributed by atoms with E-state index in [-0.39, 0.29) is 19.1 Å². The SMILES string of the molecule is Cc1nccn1CCCOc1ccc(C(=O)NCCO)cc1. The number of aryl methyl sites for hydroxylation is 2. The van der Waals surface area contributed by atoms with E-state index >= 15 is 0 Å². The summed E-state index contributed by atoms with van der Waals surface area (Å²) in [7, 11) is 0. The number of rotatable bonds is 8. The Bertz CT molecular complexity index is 593. The standard InChI is InChI=1S/C16H21N3O3/c1-13-17-7-10-19(13)9-2-12-22-15-5-3-14(4-6-15)16(21)18-8-11-20/h3-7,10,20H,2,8-9,11-12H2,1H3,(H,18,21). The van der Waals surface area contributed by atoms with Crippen LogP contribution in [0, 0.1) is 6.92 Å². The Labute approximate surface area is 129 Å². The van der Waals surface area contributed by atoms with Gasteiger partial charge in [-0.15, -0.1) is 0 Å². The highest BCUT2D eigenvalue weighted by atomic mass is 16.5. The van der Waals surface area contributed by atoms with Crippen LogP contribution in [0.15, 0.2) is 36.7 Å². The third-order valence-electron chi connectivity index (χ3n) is 3.25. The molecule has 0 fully saturated rings. The highest BCUT2D eigenvalue weighted by Gasteiger charge is 2.04. The van der Waals surface area contributed by atoms with Gasteiger partial charge in [-0.2, -0.15) is 0 Å². The minimum Gasteiger partial charge on any atom is -0.494 e. The first-order valence-electron chi connectivity index (χ1n) is 7.30. The van der Waals surface area contributed by atoms with Crippen LogP contribution in [0.1, 0.15) is 22.6 Å². The van der Waals surface area contributed by atoms with Crippen LogP contribution < -0.4 is 10.1 Å². The lowest BCUT2D eigenvalue weighted by molar-refractivity contribution is 0.0944. The smallest absolute Gasteiger partial charge is 0.251 e. The third-order valence-corrected chi connectivity index (χ3v) is 3.25. The van der Waals surface area contributed by atoms with Crippen LogP contribution in [-0.2, 0) is 6.54 Å². The molecule has 0 aliphatic rings. The molecule has 2 aromatic rings. The van der Waals surface area contributed by atoms with E-state index in [1.807, 2.05) is 13.1 Å². The first kappa shape index (κ1) is 16.0. The number of carbonyl (C=O) groups is 1. The van der Waals surface area contributed by atoms with E-state index < -0.39 is 0 Å². The number of nitrogens with zero attached hydrogens (tertiary/aromatic N) is 2. The van der Waals surface area contributed by atoms with Gasteiger partial charge in [0.15, 0.2) is 0 Å². The van der Waals surface area contributed by atoms with Gasteiger partial charge in [0.05, 0.1) is 13.2 Å². The quantitative estimate of drug-likeness (QED) is 0.722. The van der Waals surface area contributed by atoms with Gasteiger partial charge in [0.25, 0.3) is 5.91 Å². The van der Waals surface area contributed by atoms with Crippen molar-refractivity contribution in [3.63, 3.8) is 0 Å². The first-order chi connectivity index (χ1) is 10.7. The fraction of sp³-hybridized carbons (Fsp3) is 0.375. The van der Waals surface area contributed by atoms with Gasteiger partial charge < -0.3 is 19.7 Å². The largest absolute Gasteiger partial charge is 0.494 e. The van der Waals surface area contributed by atoms with Crippen molar-refractivity contribution in [3.05, 3.63) is 48.0 Å². The Balaban J connectivity index is 1.74. The molecule has 6 heteroatoms. The fourth-order valence-corrected chi connectivity index (χ4v) is 2.04. The summed E-state index contributed by atoms with van der Waals surface area (Å²) in [6.07, 6.45) is 4.63. The predicted molar refractivity (Wildman–Crippen MR) is 82.9 cm³/mol. The van der Waals surface area contributed by atoms with E-state index in [4.69, 9.17) is 9.84 Å². The van der Waals surface area contributed by atoms with Crippen molar-refractivity contribution >= 4 is 5.91 Å². The van der Waals surface area contributed by atoms with Crippen LogP contribution in [-0.4, -0.2) is 40.3 Å². The lowest BCUT2D eigenvalue weighted by atomic mass is 10.2. The molecule has 0 aliphatic carbocycles. The Morgan fingerprint density at radius 3 is 2.77 bits per heavy atom. The molecule has 2 rings (SSSR count). The van der Waals surface area contributed by atoms with Crippen molar-refractivity contribution in [3.8, 4) is 5.75 Å². The van der Waals surface area contributed by atoms with E-state index in [9.17, 15) is 4.79 Å². The number of aromatic nitrogens is 2. The topological polar surface area (TPSA) is 76.4 Å². The summed E-state index contributed by atoms with van der Waals surface area (Å²) >= 11 is 0. The molecule has 1 aromatic carbocycles. The maximum Gasteiger partial charge on any atom is 0.251 e. The Morgan fingerprint density at radius 2 is 2.14 bits per heavy atom. The molecule has 0 spiro atoms. The molecule has 1 heterocycles. The number of hydrogen-bond acceptors (Lipinski definition) is 4. The number of hydrogen-bond donors (Lipinski definition) is 2. The van der Waals surface area contributed by atoms with Crippen LogP contribution in [0.5, 0.6) is 5.75 Å². The number of nitrogens with one attached hydrogen (secondary N) is 1. The zero-order valence-electron chi connectivity index (χ0n) is 12.7. The zero-order valence-corrected chi connectivity index (χ0v) is 12.7. The Kier molecular flexibility index (Phi) is 5.97. The zero-order chi connectivity index (χ0) is 15.8. The lowest BCUT2D eigenvalue weighted by Crippen LogP contribution is -2.26. The molecular weight excluding hydrogens is 282 g/mol. The average molecular weight is 303 g/mol. The number of amides is 1. The van der Waals surface area contributed by atoms with Gasteiger partial charge >= 0.3 is 0 Å². The van der Waals surface area contributed by atoms with E-state index in [1.165, 1.54) is 0 Å². The number of benzene rings is 1. The highest BCUT2D eigenvalue weighted by Crippen LogP contribution is 2.12. The van der Waals surface area contributed by atoms with Crippen molar-refractivity contribution in [1.82, 2.24) is 14.9 Å². The molecule has 0 aliphatic heterocycles. The van der Waals surface area contributed by atoms with E-state index in [0.717, 1.165) is 24.5 Å². The monoisotopic (exact) mass is 303 g/mol. The molecule has 0 unspecified atom stereocenters. The molecule has 0 saturated carbocycles.